The molecule has 202 valence electrons. The van der Waals surface area contributed by atoms with Crippen molar-refractivity contribution in [1.29, 1.82) is 0 Å². The van der Waals surface area contributed by atoms with Crippen molar-refractivity contribution in [3.8, 4) is 33.4 Å². The first-order valence-corrected chi connectivity index (χ1v) is 14.8. The molecule has 0 radical (unpaired) electrons. The first-order valence-electron chi connectivity index (χ1n) is 14.8. The predicted octanol–water partition coefficient (Wildman–Crippen LogP) is 12.0. The third-order valence-electron chi connectivity index (χ3n) is 9.79. The molecule has 0 aromatic heterocycles. The molecule has 4 nitrogen and oxygen atoms in total. The summed E-state index contributed by atoms with van der Waals surface area (Å²) in [5, 5.41) is 8.82. The van der Waals surface area contributed by atoms with Crippen LogP contribution in [0.3, 0.4) is 0 Å². The molecule has 8 aromatic carbocycles. The van der Waals surface area contributed by atoms with Crippen LogP contribution in [0.15, 0.2) is 127 Å². The summed E-state index contributed by atoms with van der Waals surface area (Å²) in [4.78, 5) is 0. The van der Waals surface area contributed by atoms with E-state index >= 15 is 0 Å². The smallest absolute Gasteiger partial charge is 0.144 e. The van der Waals surface area contributed by atoms with Gasteiger partial charge in [-0.1, -0.05) is 60.7 Å². The molecule has 0 saturated carbocycles. The van der Waals surface area contributed by atoms with Crippen LogP contribution in [0.4, 0.5) is 0 Å². The average Bonchev–Trinajstić information content (AvgIpc) is 3.07. The Morgan fingerprint density at radius 3 is 1.09 bits per heavy atom. The van der Waals surface area contributed by atoms with Gasteiger partial charge in [-0.15, -0.1) is 0 Å². The number of hydrogen-bond acceptors (Lipinski definition) is 4. The van der Waals surface area contributed by atoms with Crippen molar-refractivity contribution in [2.24, 2.45) is 0 Å². The molecule has 0 atom stereocenters. The Labute approximate surface area is 247 Å². The molecule has 0 saturated heterocycles. The van der Waals surface area contributed by atoms with Gasteiger partial charge in [-0.3, -0.25) is 0 Å². The van der Waals surface area contributed by atoms with Crippen LogP contribution < -0.4 is 0 Å². The Morgan fingerprint density at radius 2 is 0.636 bits per heavy atom. The summed E-state index contributed by atoms with van der Waals surface area (Å²) in [6.07, 6.45) is 0. The zero-order valence-electron chi connectivity index (χ0n) is 23.0. The van der Waals surface area contributed by atoms with Crippen LogP contribution in [-0.2, 0) is 0 Å². The molecule has 0 fully saturated rings. The van der Waals surface area contributed by atoms with E-state index in [4.69, 9.17) is 17.7 Å². The molecule has 0 amide bonds. The zero-order chi connectivity index (χ0) is 28.3. The summed E-state index contributed by atoms with van der Waals surface area (Å²) < 4.78 is 26.8. The standard InChI is InChI=1S/C40H18O4/c1-3-19-9-17-29-35-31(19)25(5-1)41-27-15-11-21-7-13-23(39(43-29)33(21)37(27)35)24-14-8-22-12-16-28-38-34(22)40(24)44-30-18-10-20-4-2-6-26(42-28)32(20)36(30)38/h1-18H. The van der Waals surface area contributed by atoms with Gasteiger partial charge in [0.25, 0.3) is 0 Å². The van der Waals surface area contributed by atoms with Crippen molar-refractivity contribution in [3.05, 3.63) is 109 Å². The second-order valence-corrected chi connectivity index (χ2v) is 12.0. The van der Waals surface area contributed by atoms with Gasteiger partial charge in [0.1, 0.15) is 44.7 Å². The van der Waals surface area contributed by atoms with E-state index in [1.54, 1.807) is 0 Å². The van der Waals surface area contributed by atoms with Gasteiger partial charge < -0.3 is 17.7 Å². The monoisotopic (exact) mass is 562 g/mol. The maximum atomic E-state index is 6.91. The van der Waals surface area contributed by atoms with E-state index in [0.29, 0.717) is 0 Å². The lowest BCUT2D eigenvalue weighted by Crippen LogP contribution is -1.97. The summed E-state index contributed by atoms with van der Waals surface area (Å²) in [5.74, 6) is 0. The molecule has 4 aliphatic rings. The van der Waals surface area contributed by atoms with Gasteiger partial charge in [0.2, 0.25) is 0 Å². The van der Waals surface area contributed by atoms with E-state index in [1.165, 1.54) is 0 Å². The minimum absolute atomic E-state index is 0.820. The van der Waals surface area contributed by atoms with Crippen LogP contribution in [0.2, 0.25) is 0 Å². The fourth-order valence-corrected chi connectivity index (χ4v) is 7.98. The summed E-state index contributed by atoms with van der Waals surface area (Å²) in [6.45, 7) is 0. The van der Waals surface area contributed by atoms with Crippen LogP contribution in [0.5, 0.6) is 0 Å². The molecule has 44 heavy (non-hydrogen) atoms. The van der Waals surface area contributed by atoms with Gasteiger partial charge >= 0.3 is 0 Å². The highest BCUT2D eigenvalue weighted by Gasteiger charge is 2.29. The minimum atomic E-state index is 0.820. The summed E-state index contributed by atoms with van der Waals surface area (Å²) in [7, 11) is 0. The normalized spacial score (nSPS) is 13.0. The third-order valence-corrected chi connectivity index (χ3v) is 9.79. The lowest BCUT2D eigenvalue weighted by Gasteiger charge is -2.22. The van der Waals surface area contributed by atoms with Crippen LogP contribution in [0.25, 0.3) is 121 Å². The third kappa shape index (κ3) is 2.38. The first-order chi connectivity index (χ1) is 21.8. The zero-order valence-corrected chi connectivity index (χ0v) is 23.0. The van der Waals surface area contributed by atoms with Gasteiger partial charge in [-0.05, 0) is 70.1 Å². The molecule has 4 heteroatoms. The van der Waals surface area contributed by atoms with E-state index in [2.05, 4.69) is 84.9 Å². The van der Waals surface area contributed by atoms with E-state index in [1.807, 2.05) is 24.3 Å². The molecular formula is C40H18O4. The number of benzene rings is 8. The van der Waals surface area contributed by atoms with E-state index in [0.717, 1.165) is 121 Å². The van der Waals surface area contributed by atoms with Crippen LogP contribution in [0, 0.1) is 0 Å². The fraction of sp³-hybridized carbons (Fsp3) is 0. The van der Waals surface area contributed by atoms with Crippen molar-refractivity contribution >= 4 is 87.8 Å². The first kappa shape index (κ1) is 21.7. The van der Waals surface area contributed by atoms with E-state index in [9.17, 15) is 0 Å². The topological polar surface area (TPSA) is 52.6 Å². The molecule has 8 aromatic rings. The fourth-order valence-electron chi connectivity index (χ4n) is 7.98. The molecule has 0 spiro atoms. The van der Waals surface area contributed by atoms with Crippen molar-refractivity contribution < 1.29 is 17.7 Å². The summed E-state index contributed by atoms with van der Waals surface area (Å²) >= 11 is 0. The Kier molecular flexibility index (Phi) is 3.51. The Morgan fingerprint density at radius 1 is 0.273 bits per heavy atom. The largest absolute Gasteiger partial charge is 0.456 e. The van der Waals surface area contributed by atoms with Crippen molar-refractivity contribution in [2.45, 2.75) is 0 Å². The molecule has 0 unspecified atom stereocenters. The second-order valence-electron chi connectivity index (χ2n) is 12.0. The molecule has 4 heterocycles. The van der Waals surface area contributed by atoms with Crippen LogP contribution in [-0.4, -0.2) is 0 Å². The van der Waals surface area contributed by atoms with Gasteiger partial charge in [-0.2, -0.15) is 0 Å². The van der Waals surface area contributed by atoms with Crippen LogP contribution >= 0.6 is 0 Å². The minimum Gasteiger partial charge on any atom is -0.456 e. The van der Waals surface area contributed by atoms with Crippen molar-refractivity contribution in [1.82, 2.24) is 0 Å². The average molecular weight is 563 g/mol. The lowest BCUT2D eigenvalue weighted by molar-refractivity contribution is 0.644. The maximum absolute atomic E-state index is 6.91. The molecule has 4 aliphatic heterocycles. The number of rotatable bonds is 1. The lowest BCUT2D eigenvalue weighted by atomic mass is 9.86. The highest BCUT2D eigenvalue weighted by atomic mass is 16.3. The van der Waals surface area contributed by atoms with Gasteiger partial charge in [0, 0.05) is 54.9 Å². The van der Waals surface area contributed by atoms with Crippen molar-refractivity contribution in [3.63, 3.8) is 0 Å². The maximum Gasteiger partial charge on any atom is 0.144 e. The summed E-state index contributed by atoms with van der Waals surface area (Å²) in [5.41, 5.74) is 13.1. The SMILES string of the molecule is c1cc2ccc3oc4c(-c5ccc6ccc7oc8cccc9ccc%10oc5c6c7-c%10c98)ccc5ccc6oc(c1)c2c3-c6c54. The Hall–Kier alpha value is -6.00. The Balaban J connectivity index is 1.28. The molecular weight excluding hydrogens is 544 g/mol. The second kappa shape index (κ2) is 7.13. The molecule has 0 bridgehead atoms. The molecule has 12 rings (SSSR count). The van der Waals surface area contributed by atoms with E-state index in [-0.39, 0.29) is 0 Å². The number of hydrogen-bond donors (Lipinski definition) is 0. The van der Waals surface area contributed by atoms with Crippen molar-refractivity contribution in [2.75, 3.05) is 0 Å². The quantitative estimate of drug-likeness (QED) is 0.147. The van der Waals surface area contributed by atoms with Gasteiger partial charge in [-0.25, -0.2) is 0 Å². The predicted molar refractivity (Wildman–Crippen MR) is 177 cm³/mol. The van der Waals surface area contributed by atoms with Crippen LogP contribution in [0.1, 0.15) is 0 Å². The van der Waals surface area contributed by atoms with Gasteiger partial charge in [0.15, 0.2) is 0 Å². The highest BCUT2D eigenvalue weighted by Crippen LogP contribution is 2.53. The molecule has 0 N–H and O–H groups in total. The van der Waals surface area contributed by atoms with Gasteiger partial charge in [0.05, 0.1) is 0 Å². The Bertz CT molecular complexity index is 2840. The summed E-state index contributed by atoms with van der Waals surface area (Å²) in [6, 6.07) is 37.9. The highest BCUT2D eigenvalue weighted by molar-refractivity contribution is 6.28. The molecule has 0 aliphatic carbocycles. The van der Waals surface area contributed by atoms with E-state index < -0.39 is 0 Å².